The summed E-state index contributed by atoms with van der Waals surface area (Å²) in [5, 5.41) is 8.52. The average molecular weight is 347 g/mol. The highest BCUT2D eigenvalue weighted by molar-refractivity contribution is 5.68. The molecule has 5 rings (SSSR count). The van der Waals surface area contributed by atoms with E-state index in [2.05, 4.69) is 34.9 Å². The van der Waals surface area contributed by atoms with Gasteiger partial charge in [0.2, 0.25) is 0 Å². The second-order valence-corrected chi connectivity index (χ2v) is 6.07. The van der Waals surface area contributed by atoms with Crippen LogP contribution in [-0.4, -0.2) is 60.5 Å². The second kappa shape index (κ2) is 6.10. The number of nitrogens with zero attached hydrogens (tertiary/aromatic N) is 9. The van der Waals surface area contributed by atoms with Gasteiger partial charge in [-0.05, 0) is 12.1 Å². The quantitative estimate of drug-likeness (QED) is 0.547. The Morgan fingerprint density at radius 1 is 0.769 bits per heavy atom. The summed E-state index contributed by atoms with van der Waals surface area (Å²) in [5.74, 6) is 2.67. The topological polar surface area (TPSA) is 80.3 Å². The normalized spacial score (nSPS) is 14.9. The van der Waals surface area contributed by atoms with E-state index >= 15 is 0 Å². The number of piperazine rings is 1. The van der Waals surface area contributed by atoms with Gasteiger partial charge in [0.05, 0.1) is 6.20 Å². The molecule has 1 aliphatic heterocycles. The Morgan fingerprint density at radius 2 is 1.62 bits per heavy atom. The number of fused-ring (bicyclic) bond motifs is 1. The number of aromatic nitrogens is 7. The summed E-state index contributed by atoms with van der Waals surface area (Å²) >= 11 is 0. The van der Waals surface area contributed by atoms with Crippen molar-refractivity contribution in [1.82, 2.24) is 34.3 Å². The molecule has 9 heteroatoms. The molecule has 0 aliphatic carbocycles. The van der Waals surface area contributed by atoms with Gasteiger partial charge in [-0.2, -0.15) is 10.2 Å². The summed E-state index contributed by atoms with van der Waals surface area (Å²) in [4.78, 5) is 17.9. The molecule has 130 valence electrons. The maximum Gasteiger partial charge on any atom is 0.158 e. The third-order valence-electron chi connectivity index (χ3n) is 4.58. The minimum Gasteiger partial charge on any atom is -0.353 e. The minimum atomic E-state index is 0.771. The van der Waals surface area contributed by atoms with E-state index in [0.29, 0.717) is 0 Å². The molecule has 4 aromatic heterocycles. The first kappa shape index (κ1) is 14.8. The van der Waals surface area contributed by atoms with E-state index in [1.807, 2.05) is 35.1 Å². The molecule has 0 amide bonds. The Hall–Kier alpha value is -3.49. The standard InChI is InChI=1S/C17H17N9/c1-3-21-26(6-1)16-12-15(19-13-20-16)23-8-10-24(11-9-23)17-14-2-4-22-25(14)7-5-18-17/h1-7,12-13H,8-11H2. The summed E-state index contributed by atoms with van der Waals surface area (Å²) in [6.45, 7) is 3.48. The fourth-order valence-corrected chi connectivity index (χ4v) is 3.27. The molecule has 4 aromatic rings. The molecular formula is C17H17N9. The van der Waals surface area contributed by atoms with Crippen LogP contribution in [0.1, 0.15) is 0 Å². The molecule has 0 radical (unpaired) electrons. The van der Waals surface area contributed by atoms with Crippen LogP contribution in [0.5, 0.6) is 0 Å². The largest absolute Gasteiger partial charge is 0.353 e. The van der Waals surface area contributed by atoms with Crippen LogP contribution in [0, 0.1) is 0 Å². The highest BCUT2D eigenvalue weighted by Crippen LogP contribution is 2.22. The molecule has 0 spiro atoms. The molecule has 0 bridgehead atoms. The molecule has 0 N–H and O–H groups in total. The van der Waals surface area contributed by atoms with Crippen LogP contribution in [0.25, 0.3) is 11.3 Å². The lowest BCUT2D eigenvalue weighted by Crippen LogP contribution is -2.47. The van der Waals surface area contributed by atoms with Crippen molar-refractivity contribution in [1.29, 1.82) is 0 Å². The van der Waals surface area contributed by atoms with E-state index in [1.165, 1.54) is 0 Å². The van der Waals surface area contributed by atoms with Crippen molar-refractivity contribution in [3.8, 4) is 5.82 Å². The van der Waals surface area contributed by atoms with E-state index in [1.54, 1.807) is 29.6 Å². The third-order valence-corrected chi connectivity index (χ3v) is 4.58. The first-order valence-electron chi connectivity index (χ1n) is 8.49. The van der Waals surface area contributed by atoms with Gasteiger partial charge in [0.1, 0.15) is 17.7 Å². The number of rotatable bonds is 3. The first-order valence-corrected chi connectivity index (χ1v) is 8.49. The number of anilines is 2. The van der Waals surface area contributed by atoms with Gasteiger partial charge < -0.3 is 9.80 Å². The summed E-state index contributed by atoms with van der Waals surface area (Å²) in [5.41, 5.74) is 1.03. The summed E-state index contributed by atoms with van der Waals surface area (Å²) in [6, 6.07) is 5.85. The fraction of sp³-hybridized carbons (Fsp3) is 0.235. The van der Waals surface area contributed by atoms with Crippen LogP contribution in [0.4, 0.5) is 11.6 Å². The van der Waals surface area contributed by atoms with Gasteiger partial charge in [0, 0.05) is 57.0 Å². The van der Waals surface area contributed by atoms with E-state index in [0.717, 1.165) is 49.1 Å². The highest BCUT2D eigenvalue weighted by atomic mass is 15.3. The number of hydrogen-bond donors (Lipinski definition) is 0. The summed E-state index contributed by atoms with van der Waals surface area (Å²) in [7, 11) is 0. The Balaban J connectivity index is 1.35. The van der Waals surface area contributed by atoms with Crippen LogP contribution < -0.4 is 9.80 Å². The molecule has 9 nitrogen and oxygen atoms in total. The van der Waals surface area contributed by atoms with E-state index in [4.69, 9.17) is 0 Å². The highest BCUT2D eigenvalue weighted by Gasteiger charge is 2.21. The lowest BCUT2D eigenvalue weighted by atomic mass is 10.3. The predicted octanol–water partition coefficient (Wildman–Crippen LogP) is 1.03. The average Bonchev–Trinajstić information content (AvgIpc) is 3.40. The molecule has 0 unspecified atom stereocenters. The van der Waals surface area contributed by atoms with E-state index in [-0.39, 0.29) is 0 Å². The lowest BCUT2D eigenvalue weighted by Gasteiger charge is -2.36. The predicted molar refractivity (Wildman–Crippen MR) is 96.6 cm³/mol. The smallest absolute Gasteiger partial charge is 0.158 e. The van der Waals surface area contributed by atoms with Gasteiger partial charge in [0.25, 0.3) is 0 Å². The monoisotopic (exact) mass is 347 g/mol. The zero-order valence-electron chi connectivity index (χ0n) is 14.0. The van der Waals surface area contributed by atoms with Gasteiger partial charge >= 0.3 is 0 Å². The van der Waals surface area contributed by atoms with Crippen molar-refractivity contribution in [3.05, 3.63) is 55.5 Å². The van der Waals surface area contributed by atoms with Crippen molar-refractivity contribution < 1.29 is 0 Å². The zero-order valence-corrected chi connectivity index (χ0v) is 14.0. The molecular weight excluding hydrogens is 330 g/mol. The molecule has 0 saturated carbocycles. The van der Waals surface area contributed by atoms with E-state index < -0.39 is 0 Å². The maximum atomic E-state index is 4.56. The van der Waals surface area contributed by atoms with Crippen LogP contribution in [0.2, 0.25) is 0 Å². The van der Waals surface area contributed by atoms with Crippen molar-refractivity contribution in [2.24, 2.45) is 0 Å². The molecule has 0 atom stereocenters. The molecule has 26 heavy (non-hydrogen) atoms. The molecule has 0 aromatic carbocycles. The zero-order chi connectivity index (χ0) is 17.3. The van der Waals surface area contributed by atoms with Gasteiger partial charge in [0.15, 0.2) is 11.6 Å². The van der Waals surface area contributed by atoms with Crippen LogP contribution in [0.15, 0.2) is 55.5 Å². The first-order chi connectivity index (χ1) is 12.9. The van der Waals surface area contributed by atoms with Gasteiger partial charge in [-0.25, -0.2) is 24.1 Å². The Labute approximate surface area is 149 Å². The van der Waals surface area contributed by atoms with Gasteiger partial charge in [-0.15, -0.1) is 0 Å². The van der Waals surface area contributed by atoms with Crippen LogP contribution >= 0.6 is 0 Å². The SMILES string of the molecule is c1cnn(-c2cc(N3CCN(c4nccn5nccc45)CC3)ncn2)c1. The van der Waals surface area contributed by atoms with Crippen LogP contribution in [-0.2, 0) is 0 Å². The molecule has 1 fully saturated rings. The van der Waals surface area contributed by atoms with Crippen molar-refractivity contribution in [3.63, 3.8) is 0 Å². The third kappa shape index (κ3) is 2.53. The summed E-state index contributed by atoms with van der Waals surface area (Å²) < 4.78 is 3.60. The fourth-order valence-electron chi connectivity index (χ4n) is 3.27. The van der Waals surface area contributed by atoms with Crippen molar-refractivity contribution in [2.45, 2.75) is 0 Å². The van der Waals surface area contributed by atoms with Gasteiger partial charge in [-0.3, -0.25) is 0 Å². The van der Waals surface area contributed by atoms with E-state index in [9.17, 15) is 0 Å². The summed E-state index contributed by atoms with van der Waals surface area (Å²) in [6.07, 6.45) is 10.7. The van der Waals surface area contributed by atoms with Crippen molar-refractivity contribution in [2.75, 3.05) is 36.0 Å². The molecule has 5 heterocycles. The lowest BCUT2D eigenvalue weighted by molar-refractivity contribution is 0.640. The minimum absolute atomic E-state index is 0.771. The van der Waals surface area contributed by atoms with Crippen molar-refractivity contribution >= 4 is 17.2 Å². The van der Waals surface area contributed by atoms with Gasteiger partial charge in [-0.1, -0.05) is 0 Å². The Kier molecular flexibility index (Phi) is 3.48. The molecule has 1 saturated heterocycles. The van der Waals surface area contributed by atoms with Crippen LogP contribution in [0.3, 0.4) is 0 Å². The Morgan fingerprint density at radius 3 is 2.46 bits per heavy atom. The second-order valence-electron chi connectivity index (χ2n) is 6.07. The maximum absolute atomic E-state index is 4.56. The number of hydrogen-bond acceptors (Lipinski definition) is 7. The molecule has 1 aliphatic rings. The Bertz CT molecular complexity index is 1020.